The molecule has 3 N–H and O–H groups in total. The van der Waals surface area contributed by atoms with Gasteiger partial charge in [-0.2, -0.15) is 0 Å². The van der Waals surface area contributed by atoms with Crippen LogP contribution in [0.15, 0.2) is 45.9 Å². The van der Waals surface area contributed by atoms with Crippen LogP contribution in [0.25, 0.3) is 10.8 Å². The Bertz CT molecular complexity index is 591. The van der Waals surface area contributed by atoms with Gasteiger partial charge in [-0.1, -0.05) is 34.1 Å². The van der Waals surface area contributed by atoms with Crippen molar-refractivity contribution in [3.63, 3.8) is 0 Å². The average molecular weight is 306 g/mol. The van der Waals surface area contributed by atoms with Crippen LogP contribution in [0.4, 0.5) is 0 Å². The van der Waals surface area contributed by atoms with E-state index in [-0.39, 0.29) is 6.04 Å². The highest BCUT2D eigenvalue weighted by molar-refractivity contribution is 9.10. The zero-order valence-corrected chi connectivity index (χ0v) is 12.0. The first-order valence-electron chi connectivity index (χ1n) is 5.84. The average Bonchev–Trinajstić information content (AvgIpc) is 2.35. The molecule has 0 saturated heterocycles. The second kappa shape index (κ2) is 5.50. The third kappa shape index (κ3) is 2.89. The Balaban J connectivity index is 2.49. The fourth-order valence-corrected chi connectivity index (χ4v) is 2.20. The number of amidine groups is 1. The second-order valence-electron chi connectivity index (χ2n) is 4.42. The molecule has 3 nitrogen and oxygen atoms in total. The highest BCUT2D eigenvalue weighted by Crippen LogP contribution is 2.21. The number of fused-ring (bicyclic) bond motifs is 1. The van der Waals surface area contributed by atoms with E-state index in [0.29, 0.717) is 0 Å². The van der Waals surface area contributed by atoms with Crippen LogP contribution in [-0.4, -0.2) is 11.9 Å². The molecule has 0 aromatic heterocycles. The minimum atomic E-state index is 0.205. The van der Waals surface area contributed by atoms with E-state index in [2.05, 4.69) is 50.6 Å². The molecule has 2 aromatic rings. The lowest BCUT2D eigenvalue weighted by molar-refractivity contribution is 0.820. The van der Waals surface area contributed by atoms with Crippen molar-refractivity contribution < 1.29 is 0 Å². The van der Waals surface area contributed by atoms with Gasteiger partial charge in [-0.15, -0.1) is 0 Å². The van der Waals surface area contributed by atoms with Gasteiger partial charge in [0, 0.05) is 16.1 Å². The van der Waals surface area contributed by atoms with E-state index in [4.69, 9.17) is 5.84 Å². The highest BCUT2D eigenvalue weighted by Gasteiger charge is 2.04. The van der Waals surface area contributed by atoms with E-state index in [1.165, 1.54) is 10.8 Å². The molecule has 0 spiro atoms. The Morgan fingerprint density at radius 3 is 2.50 bits per heavy atom. The molecule has 0 atom stereocenters. The third-order valence-electron chi connectivity index (χ3n) is 2.60. The quantitative estimate of drug-likeness (QED) is 0.387. The van der Waals surface area contributed by atoms with Crippen molar-refractivity contribution in [1.29, 1.82) is 0 Å². The summed E-state index contributed by atoms with van der Waals surface area (Å²) >= 11 is 3.47. The van der Waals surface area contributed by atoms with Gasteiger partial charge in [0.05, 0.1) is 0 Å². The van der Waals surface area contributed by atoms with Gasteiger partial charge in [-0.05, 0) is 42.8 Å². The monoisotopic (exact) mass is 305 g/mol. The minimum Gasteiger partial charge on any atom is -0.308 e. The van der Waals surface area contributed by atoms with Crippen LogP contribution in [-0.2, 0) is 0 Å². The van der Waals surface area contributed by atoms with Crippen LogP contribution in [0.1, 0.15) is 19.4 Å². The van der Waals surface area contributed by atoms with E-state index in [1.54, 1.807) is 0 Å². The number of nitrogens with zero attached hydrogens (tertiary/aromatic N) is 1. The molecule has 0 heterocycles. The lowest BCUT2D eigenvalue weighted by Crippen LogP contribution is -2.31. The number of benzene rings is 2. The number of hydrogen-bond acceptors (Lipinski definition) is 2. The summed E-state index contributed by atoms with van der Waals surface area (Å²) in [5, 5.41) is 2.36. The second-order valence-corrected chi connectivity index (χ2v) is 5.34. The minimum absolute atomic E-state index is 0.205. The molecule has 2 aromatic carbocycles. The molecule has 0 bridgehead atoms. The summed E-state index contributed by atoms with van der Waals surface area (Å²) in [6.45, 7) is 4.05. The standard InChI is InChI=1S/C14H16BrN3/c1-9(2)17-14(18-16)12-4-3-11-8-13(15)6-5-10(11)7-12/h3-9H,16H2,1-2H3,(H,17,18). The normalized spacial score (nSPS) is 12.2. The lowest BCUT2D eigenvalue weighted by atomic mass is 10.1. The first-order valence-corrected chi connectivity index (χ1v) is 6.63. The fraction of sp³-hybridized carbons (Fsp3) is 0.214. The lowest BCUT2D eigenvalue weighted by Gasteiger charge is -2.09. The number of aliphatic imine (C=N–C) groups is 1. The topological polar surface area (TPSA) is 50.4 Å². The Labute approximate surface area is 115 Å². The molecular formula is C14H16BrN3. The van der Waals surface area contributed by atoms with Gasteiger partial charge in [0.2, 0.25) is 0 Å². The largest absolute Gasteiger partial charge is 0.308 e. The number of nitrogens with one attached hydrogen (secondary N) is 1. The van der Waals surface area contributed by atoms with Gasteiger partial charge in [0.15, 0.2) is 0 Å². The zero-order valence-electron chi connectivity index (χ0n) is 10.4. The van der Waals surface area contributed by atoms with Gasteiger partial charge in [-0.3, -0.25) is 4.99 Å². The van der Waals surface area contributed by atoms with E-state index < -0.39 is 0 Å². The summed E-state index contributed by atoms with van der Waals surface area (Å²) in [6, 6.07) is 12.6. The van der Waals surface area contributed by atoms with E-state index >= 15 is 0 Å². The molecule has 4 heteroatoms. The van der Waals surface area contributed by atoms with Crippen molar-refractivity contribution in [2.75, 3.05) is 0 Å². The van der Waals surface area contributed by atoms with Crippen LogP contribution in [0.3, 0.4) is 0 Å². The van der Waals surface area contributed by atoms with Crippen molar-refractivity contribution in [1.82, 2.24) is 5.43 Å². The van der Waals surface area contributed by atoms with E-state index in [1.807, 2.05) is 26.0 Å². The van der Waals surface area contributed by atoms with Crippen LogP contribution in [0.2, 0.25) is 0 Å². The van der Waals surface area contributed by atoms with Crippen molar-refractivity contribution >= 4 is 32.5 Å². The fourth-order valence-electron chi connectivity index (χ4n) is 1.82. The zero-order chi connectivity index (χ0) is 13.1. The van der Waals surface area contributed by atoms with Gasteiger partial charge in [-0.25, -0.2) is 5.84 Å². The molecule has 18 heavy (non-hydrogen) atoms. The van der Waals surface area contributed by atoms with Gasteiger partial charge in [0.1, 0.15) is 5.84 Å². The molecule has 94 valence electrons. The molecule has 0 amide bonds. The molecule has 0 aliphatic heterocycles. The molecule has 0 radical (unpaired) electrons. The van der Waals surface area contributed by atoms with Crippen LogP contribution in [0.5, 0.6) is 0 Å². The number of hydrazine groups is 1. The maximum Gasteiger partial charge on any atom is 0.142 e. The van der Waals surface area contributed by atoms with Gasteiger partial charge in [0.25, 0.3) is 0 Å². The van der Waals surface area contributed by atoms with Crippen molar-refractivity contribution in [2.24, 2.45) is 10.8 Å². The van der Waals surface area contributed by atoms with Gasteiger partial charge < -0.3 is 5.43 Å². The SMILES string of the molecule is CC(C)N=C(NN)c1ccc2cc(Br)ccc2c1. The molecule has 2 rings (SSSR count). The molecule has 0 saturated carbocycles. The summed E-state index contributed by atoms with van der Waals surface area (Å²) in [4.78, 5) is 4.46. The summed E-state index contributed by atoms with van der Waals surface area (Å²) in [6.07, 6.45) is 0. The summed E-state index contributed by atoms with van der Waals surface area (Å²) in [7, 11) is 0. The Kier molecular flexibility index (Phi) is 3.99. The molecular weight excluding hydrogens is 290 g/mol. The first kappa shape index (κ1) is 13.1. The van der Waals surface area contributed by atoms with Crippen LogP contribution >= 0.6 is 15.9 Å². The highest BCUT2D eigenvalue weighted by atomic mass is 79.9. The maximum atomic E-state index is 5.53. The number of hydrogen-bond donors (Lipinski definition) is 2. The first-order chi connectivity index (χ1) is 8.60. The van der Waals surface area contributed by atoms with Crippen molar-refractivity contribution in [2.45, 2.75) is 19.9 Å². The van der Waals surface area contributed by atoms with E-state index in [9.17, 15) is 0 Å². The Morgan fingerprint density at radius 1 is 1.17 bits per heavy atom. The van der Waals surface area contributed by atoms with Crippen LogP contribution in [0, 0.1) is 0 Å². The molecule has 0 aliphatic carbocycles. The number of rotatable bonds is 2. The van der Waals surface area contributed by atoms with Crippen LogP contribution < -0.4 is 11.3 Å². The third-order valence-corrected chi connectivity index (χ3v) is 3.09. The molecule has 0 aliphatic rings. The maximum absolute atomic E-state index is 5.53. The smallest absolute Gasteiger partial charge is 0.142 e. The molecule has 0 fully saturated rings. The van der Waals surface area contributed by atoms with E-state index in [0.717, 1.165) is 15.9 Å². The summed E-state index contributed by atoms with van der Waals surface area (Å²) in [5.74, 6) is 6.25. The van der Waals surface area contributed by atoms with Crippen molar-refractivity contribution in [3.05, 3.63) is 46.4 Å². The Morgan fingerprint density at radius 2 is 1.83 bits per heavy atom. The molecule has 0 unspecified atom stereocenters. The number of nitrogens with two attached hydrogens (primary N) is 1. The number of halogens is 1. The predicted molar refractivity (Wildman–Crippen MR) is 80.6 cm³/mol. The van der Waals surface area contributed by atoms with Gasteiger partial charge >= 0.3 is 0 Å². The Hall–Kier alpha value is -1.39. The van der Waals surface area contributed by atoms with Crippen molar-refractivity contribution in [3.8, 4) is 0 Å². The summed E-state index contributed by atoms with van der Waals surface area (Å²) in [5.41, 5.74) is 3.67. The predicted octanol–water partition coefficient (Wildman–Crippen LogP) is 3.22. The summed E-state index contributed by atoms with van der Waals surface area (Å²) < 4.78 is 1.08.